The molecule has 25 heavy (non-hydrogen) atoms. The van der Waals surface area contributed by atoms with Crippen molar-refractivity contribution in [1.82, 2.24) is 9.88 Å². The third kappa shape index (κ3) is 4.29. The smallest absolute Gasteiger partial charge is 0.254 e. The number of carbonyl (C=O) groups is 1. The van der Waals surface area contributed by atoms with E-state index in [2.05, 4.69) is 4.98 Å². The number of nitrogens with two attached hydrogens (primary N) is 1. The van der Waals surface area contributed by atoms with Gasteiger partial charge >= 0.3 is 0 Å². The van der Waals surface area contributed by atoms with Crippen LogP contribution >= 0.6 is 11.3 Å². The lowest BCUT2D eigenvalue weighted by atomic mass is 10.1. The van der Waals surface area contributed by atoms with E-state index in [1.165, 1.54) is 0 Å². The normalized spacial score (nSPS) is 17.4. The number of aryl methyl sites for hydroxylation is 1. The molecule has 1 amide bonds. The van der Waals surface area contributed by atoms with Gasteiger partial charge in [0, 0.05) is 30.1 Å². The number of nitrogens with zero attached hydrogens (tertiary/aromatic N) is 2. The van der Waals surface area contributed by atoms with Gasteiger partial charge in [-0.05, 0) is 38.0 Å². The molecule has 2 aromatic rings. The summed E-state index contributed by atoms with van der Waals surface area (Å²) in [5.41, 5.74) is 7.44. The van der Waals surface area contributed by atoms with E-state index in [-0.39, 0.29) is 11.9 Å². The molecule has 2 N–H and O–H groups in total. The maximum atomic E-state index is 12.7. The molecule has 1 aliphatic rings. The highest BCUT2D eigenvalue weighted by Gasteiger charge is 2.23. The van der Waals surface area contributed by atoms with E-state index in [1.54, 1.807) is 36.6 Å². The Hall–Kier alpha value is -2.12. The lowest BCUT2D eigenvalue weighted by Gasteiger charge is -2.31. The number of benzene rings is 1. The molecule has 0 unspecified atom stereocenters. The molecule has 134 valence electrons. The third-order valence-electron chi connectivity index (χ3n) is 4.20. The Morgan fingerprint density at radius 3 is 2.96 bits per heavy atom. The monoisotopic (exact) mass is 361 g/mol. The first-order chi connectivity index (χ1) is 12.1. The average Bonchev–Trinajstić information content (AvgIpc) is 3.04. The minimum atomic E-state index is -0.0184. The molecule has 1 aliphatic heterocycles. The quantitative estimate of drug-likeness (QED) is 0.886. The van der Waals surface area contributed by atoms with Gasteiger partial charge < -0.3 is 20.1 Å². The molecule has 1 aromatic heterocycles. The summed E-state index contributed by atoms with van der Waals surface area (Å²) in [6, 6.07) is 5.33. The molecule has 0 aliphatic carbocycles. The molecule has 1 aromatic carbocycles. The number of likely N-dealkylation sites (tertiary alicyclic amines) is 1. The van der Waals surface area contributed by atoms with Crippen LogP contribution in [0.4, 0.5) is 0 Å². The zero-order chi connectivity index (χ0) is 17.8. The van der Waals surface area contributed by atoms with Gasteiger partial charge in [0.05, 0.1) is 17.8 Å². The summed E-state index contributed by atoms with van der Waals surface area (Å²) in [5.74, 6) is 1.12. The predicted octanol–water partition coefficient (Wildman–Crippen LogP) is 2.60. The highest BCUT2D eigenvalue weighted by molar-refractivity contribution is 7.09. The molecule has 0 spiro atoms. The number of rotatable bonds is 5. The molecule has 0 radical (unpaired) electrons. The number of aromatic nitrogens is 1. The minimum absolute atomic E-state index is 0.0184. The lowest BCUT2D eigenvalue weighted by molar-refractivity contribution is 0.0708. The SMILES string of the molecule is COc1cc(C(=O)N2CCC[C@H](N)C2)ccc1OCc1csc(C)n1. The molecular weight excluding hydrogens is 338 g/mol. The van der Waals surface area contributed by atoms with Crippen LogP contribution in [-0.2, 0) is 6.61 Å². The summed E-state index contributed by atoms with van der Waals surface area (Å²) in [4.78, 5) is 18.9. The largest absolute Gasteiger partial charge is 0.493 e. The van der Waals surface area contributed by atoms with Gasteiger partial charge in [-0.15, -0.1) is 11.3 Å². The third-order valence-corrected chi connectivity index (χ3v) is 5.02. The van der Waals surface area contributed by atoms with Gasteiger partial charge in [0.25, 0.3) is 5.91 Å². The van der Waals surface area contributed by atoms with Crippen LogP contribution in [0.15, 0.2) is 23.6 Å². The Morgan fingerprint density at radius 1 is 1.44 bits per heavy atom. The predicted molar refractivity (Wildman–Crippen MR) is 97.3 cm³/mol. The fraction of sp³-hybridized carbons (Fsp3) is 0.444. The first-order valence-corrected chi connectivity index (χ1v) is 9.21. The topological polar surface area (TPSA) is 77.7 Å². The van der Waals surface area contributed by atoms with Crippen LogP contribution in [0.5, 0.6) is 11.5 Å². The van der Waals surface area contributed by atoms with E-state index >= 15 is 0 Å². The fourth-order valence-corrected chi connectivity index (χ4v) is 3.52. The van der Waals surface area contributed by atoms with Crippen molar-refractivity contribution in [3.05, 3.63) is 39.8 Å². The summed E-state index contributed by atoms with van der Waals surface area (Å²) in [6.07, 6.45) is 1.91. The van der Waals surface area contributed by atoms with Crippen LogP contribution < -0.4 is 15.2 Å². The molecule has 2 heterocycles. The number of amides is 1. The number of thiazole rings is 1. The fourth-order valence-electron chi connectivity index (χ4n) is 2.92. The molecule has 6 nitrogen and oxygen atoms in total. The Morgan fingerprint density at radius 2 is 2.28 bits per heavy atom. The summed E-state index contributed by atoms with van der Waals surface area (Å²) in [5, 5.41) is 2.98. The summed E-state index contributed by atoms with van der Waals surface area (Å²) in [6.45, 7) is 3.68. The molecule has 0 saturated carbocycles. The lowest BCUT2D eigenvalue weighted by Crippen LogP contribution is -2.45. The second-order valence-electron chi connectivity index (χ2n) is 6.17. The van der Waals surface area contributed by atoms with Gasteiger partial charge in [0.2, 0.25) is 0 Å². The zero-order valence-corrected chi connectivity index (χ0v) is 15.3. The van der Waals surface area contributed by atoms with Gasteiger partial charge in [-0.1, -0.05) is 0 Å². The summed E-state index contributed by atoms with van der Waals surface area (Å²) < 4.78 is 11.2. The Labute approximate surface area is 151 Å². The van der Waals surface area contributed by atoms with Gasteiger partial charge in [0.1, 0.15) is 6.61 Å². The van der Waals surface area contributed by atoms with Crippen LogP contribution in [0.1, 0.15) is 33.9 Å². The second kappa shape index (κ2) is 7.84. The van der Waals surface area contributed by atoms with E-state index in [0.29, 0.717) is 30.2 Å². The van der Waals surface area contributed by atoms with E-state index in [4.69, 9.17) is 15.2 Å². The first kappa shape index (κ1) is 17.7. The van der Waals surface area contributed by atoms with Crippen LogP contribution in [0, 0.1) is 6.92 Å². The molecule has 7 heteroatoms. The van der Waals surface area contributed by atoms with Crippen molar-refractivity contribution in [3.8, 4) is 11.5 Å². The van der Waals surface area contributed by atoms with Crippen molar-refractivity contribution in [2.75, 3.05) is 20.2 Å². The first-order valence-electron chi connectivity index (χ1n) is 8.33. The van der Waals surface area contributed by atoms with Crippen molar-refractivity contribution < 1.29 is 14.3 Å². The van der Waals surface area contributed by atoms with E-state index in [9.17, 15) is 4.79 Å². The Bertz CT molecular complexity index is 747. The number of hydrogen-bond acceptors (Lipinski definition) is 6. The van der Waals surface area contributed by atoms with Gasteiger partial charge in [-0.2, -0.15) is 0 Å². The highest BCUT2D eigenvalue weighted by Crippen LogP contribution is 2.29. The molecule has 1 atom stereocenters. The van der Waals surface area contributed by atoms with Crippen LogP contribution in [0.25, 0.3) is 0 Å². The Balaban J connectivity index is 1.71. The average molecular weight is 361 g/mol. The van der Waals surface area contributed by atoms with Crippen LogP contribution in [0.3, 0.4) is 0 Å². The van der Waals surface area contributed by atoms with E-state index in [0.717, 1.165) is 30.1 Å². The molecule has 3 rings (SSSR count). The molecule has 0 bridgehead atoms. The van der Waals surface area contributed by atoms with E-state index < -0.39 is 0 Å². The van der Waals surface area contributed by atoms with Crippen LogP contribution in [-0.4, -0.2) is 42.0 Å². The number of hydrogen-bond donors (Lipinski definition) is 1. The number of ether oxygens (including phenoxy) is 2. The summed E-state index contributed by atoms with van der Waals surface area (Å²) >= 11 is 1.59. The van der Waals surface area contributed by atoms with Gasteiger partial charge in [0.15, 0.2) is 11.5 Å². The Kier molecular flexibility index (Phi) is 5.55. The highest BCUT2D eigenvalue weighted by atomic mass is 32.1. The number of carbonyl (C=O) groups excluding carboxylic acids is 1. The maximum Gasteiger partial charge on any atom is 0.254 e. The van der Waals surface area contributed by atoms with Crippen molar-refractivity contribution in [2.45, 2.75) is 32.4 Å². The van der Waals surface area contributed by atoms with Crippen molar-refractivity contribution in [2.24, 2.45) is 5.73 Å². The minimum Gasteiger partial charge on any atom is -0.493 e. The van der Waals surface area contributed by atoms with Crippen LogP contribution in [0.2, 0.25) is 0 Å². The molecule has 1 saturated heterocycles. The number of methoxy groups -OCH3 is 1. The molecule has 1 fully saturated rings. The standard InChI is InChI=1S/C18H23N3O3S/c1-12-20-15(11-25-12)10-24-16-6-5-13(8-17(16)23-2)18(22)21-7-3-4-14(19)9-21/h5-6,8,11,14H,3-4,7,9-10,19H2,1-2H3/t14-/m0/s1. The van der Waals surface area contributed by atoms with Crippen molar-refractivity contribution in [1.29, 1.82) is 0 Å². The summed E-state index contributed by atoms with van der Waals surface area (Å²) in [7, 11) is 1.57. The zero-order valence-electron chi connectivity index (χ0n) is 14.5. The second-order valence-corrected chi connectivity index (χ2v) is 7.23. The number of piperidine rings is 1. The van der Waals surface area contributed by atoms with Gasteiger partial charge in [-0.25, -0.2) is 4.98 Å². The van der Waals surface area contributed by atoms with Crippen molar-refractivity contribution in [3.63, 3.8) is 0 Å². The van der Waals surface area contributed by atoms with E-state index in [1.807, 2.05) is 17.2 Å². The molecular formula is C18H23N3O3S. The maximum absolute atomic E-state index is 12.7. The van der Waals surface area contributed by atoms with Crippen molar-refractivity contribution >= 4 is 17.2 Å². The van der Waals surface area contributed by atoms with Gasteiger partial charge in [-0.3, -0.25) is 4.79 Å².